The fourth-order valence-electron chi connectivity index (χ4n) is 4.36. The van der Waals surface area contributed by atoms with Gasteiger partial charge in [-0.2, -0.15) is 0 Å². The molecule has 4 nitrogen and oxygen atoms in total. The molecule has 2 unspecified atom stereocenters. The second-order valence-corrected chi connectivity index (χ2v) is 8.16. The van der Waals surface area contributed by atoms with Crippen molar-refractivity contribution in [1.29, 1.82) is 0 Å². The number of Topliss-reactive ketones (excluding diaryl/α,β-unsaturated/α-hetero) is 1. The van der Waals surface area contributed by atoms with Gasteiger partial charge in [-0.15, -0.1) is 5.92 Å². The van der Waals surface area contributed by atoms with E-state index in [0.717, 1.165) is 29.5 Å². The molecule has 0 saturated heterocycles. The molecule has 158 valence electrons. The molecule has 0 N–H and O–H groups in total. The minimum Gasteiger partial charge on any atom is -0.469 e. The lowest BCUT2D eigenvalue weighted by Gasteiger charge is -2.26. The zero-order valence-corrected chi connectivity index (χ0v) is 18.7. The summed E-state index contributed by atoms with van der Waals surface area (Å²) in [5.74, 6) is 5.90. The molecule has 2 rings (SSSR count). The first-order chi connectivity index (χ1) is 13.9. The summed E-state index contributed by atoms with van der Waals surface area (Å²) in [4.78, 5) is 25.6. The molecule has 1 fully saturated rings. The van der Waals surface area contributed by atoms with Gasteiger partial charge >= 0.3 is 5.97 Å². The number of hydrogen-bond acceptors (Lipinski definition) is 4. The molecule has 1 aromatic rings. The lowest BCUT2D eigenvalue weighted by Crippen LogP contribution is -2.33. The maximum atomic E-state index is 13.0. The molecule has 29 heavy (non-hydrogen) atoms. The Kier molecular flexibility index (Phi) is 8.74. The minimum atomic E-state index is -0.750. The molecule has 5 heteroatoms. The van der Waals surface area contributed by atoms with E-state index in [1.54, 1.807) is 6.92 Å². The van der Waals surface area contributed by atoms with Crippen LogP contribution in [0.4, 0.5) is 0 Å². The van der Waals surface area contributed by atoms with Crippen molar-refractivity contribution in [3.05, 3.63) is 33.8 Å². The van der Waals surface area contributed by atoms with Crippen molar-refractivity contribution in [3.63, 3.8) is 0 Å². The van der Waals surface area contributed by atoms with Crippen LogP contribution in [-0.2, 0) is 31.9 Å². The first-order valence-electron chi connectivity index (χ1n) is 10.3. The number of carbonyl (C=O) groups excluding carboxylic acids is 2. The van der Waals surface area contributed by atoms with E-state index < -0.39 is 5.41 Å². The maximum absolute atomic E-state index is 13.0. The summed E-state index contributed by atoms with van der Waals surface area (Å²) in [5.41, 5.74) is 1.97. The van der Waals surface area contributed by atoms with E-state index in [4.69, 9.17) is 21.1 Å². The number of ketones is 1. The Morgan fingerprint density at radius 2 is 2.07 bits per heavy atom. The Morgan fingerprint density at radius 1 is 1.31 bits per heavy atom. The van der Waals surface area contributed by atoms with Crippen molar-refractivity contribution in [2.45, 2.75) is 59.3 Å². The highest BCUT2D eigenvalue weighted by atomic mass is 35.5. The lowest BCUT2D eigenvalue weighted by molar-refractivity contribution is -0.155. The third-order valence-electron chi connectivity index (χ3n) is 5.73. The maximum Gasteiger partial charge on any atom is 0.312 e. The van der Waals surface area contributed by atoms with Crippen molar-refractivity contribution in [3.8, 4) is 11.8 Å². The SMILES string of the molecule is CC#Cc1cc(Cl)c(CC(=O)CC2(C(=O)OC)CCC(COCC)C2)c(CC)c1. The molecular formula is C24H31ClO4. The van der Waals surface area contributed by atoms with Crippen molar-refractivity contribution < 1.29 is 19.1 Å². The predicted octanol–water partition coefficient (Wildman–Crippen LogP) is 4.77. The molecule has 0 spiro atoms. The van der Waals surface area contributed by atoms with Crippen molar-refractivity contribution >= 4 is 23.4 Å². The van der Waals surface area contributed by atoms with Crippen LogP contribution in [0.25, 0.3) is 0 Å². The first kappa shape index (κ1) is 23.4. The van der Waals surface area contributed by atoms with Crippen molar-refractivity contribution in [2.75, 3.05) is 20.3 Å². The van der Waals surface area contributed by atoms with Crippen LogP contribution in [-0.4, -0.2) is 32.1 Å². The molecule has 1 aromatic carbocycles. The van der Waals surface area contributed by atoms with Crippen LogP contribution in [0.5, 0.6) is 0 Å². The molecule has 0 aromatic heterocycles. The fourth-order valence-corrected chi connectivity index (χ4v) is 4.66. The Morgan fingerprint density at radius 3 is 2.69 bits per heavy atom. The third kappa shape index (κ3) is 5.84. The van der Waals surface area contributed by atoms with E-state index in [0.29, 0.717) is 31.1 Å². The van der Waals surface area contributed by atoms with E-state index in [9.17, 15) is 9.59 Å². The fraction of sp³-hybridized carbons (Fsp3) is 0.583. The summed E-state index contributed by atoms with van der Waals surface area (Å²) in [6.45, 7) is 7.04. The normalized spacial score (nSPS) is 20.8. The van der Waals surface area contributed by atoms with E-state index in [-0.39, 0.29) is 30.5 Å². The molecule has 0 radical (unpaired) electrons. The van der Waals surface area contributed by atoms with Gasteiger partial charge in [-0.05, 0) is 68.7 Å². The Bertz CT molecular complexity index is 805. The summed E-state index contributed by atoms with van der Waals surface area (Å²) < 4.78 is 10.6. The number of benzene rings is 1. The number of aryl methyl sites for hydroxylation is 1. The second kappa shape index (κ2) is 10.8. The highest BCUT2D eigenvalue weighted by Crippen LogP contribution is 2.46. The number of halogens is 1. The largest absolute Gasteiger partial charge is 0.469 e. The van der Waals surface area contributed by atoms with E-state index >= 15 is 0 Å². The summed E-state index contributed by atoms with van der Waals surface area (Å²) in [6, 6.07) is 3.80. The highest BCUT2D eigenvalue weighted by molar-refractivity contribution is 6.31. The van der Waals surface area contributed by atoms with E-state index in [1.165, 1.54) is 7.11 Å². The van der Waals surface area contributed by atoms with Gasteiger partial charge in [0, 0.05) is 36.6 Å². The summed E-state index contributed by atoms with van der Waals surface area (Å²) in [7, 11) is 1.39. The molecule has 1 aliphatic carbocycles. The van der Waals surface area contributed by atoms with Gasteiger partial charge in [-0.1, -0.05) is 24.4 Å². The van der Waals surface area contributed by atoms with Crippen LogP contribution in [0.1, 0.15) is 63.1 Å². The molecule has 2 atom stereocenters. The van der Waals surface area contributed by atoms with Gasteiger partial charge in [0.1, 0.15) is 5.78 Å². The topological polar surface area (TPSA) is 52.6 Å². The van der Waals surface area contributed by atoms with Gasteiger partial charge in [0.25, 0.3) is 0 Å². The first-order valence-corrected chi connectivity index (χ1v) is 10.7. The average molecular weight is 419 g/mol. The van der Waals surface area contributed by atoms with Gasteiger partial charge in [0.15, 0.2) is 0 Å². The Hall–Kier alpha value is -1.83. The molecule has 1 saturated carbocycles. The third-order valence-corrected chi connectivity index (χ3v) is 6.07. The average Bonchev–Trinajstić information content (AvgIpc) is 3.11. The van der Waals surface area contributed by atoms with Gasteiger partial charge in [0.05, 0.1) is 12.5 Å². The molecule has 0 amide bonds. The van der Waals surface area contributed by atoms with Gasteiger partial charge in [-0.25, -0.2) is 0 Å². The van der Waals surface area contributed by atoms with Crippen LogP contribution in [0.15, 0.2) is 12.1 Å². The molecule has 0 bridgehead atoms. The zero-order chi connectivity index (χ0) is 21.4. The number of esters is 1. The van der Waals surface area contributed by atoms with Crippen LogP contribution in [0.3, 0.4) is 0 Å². The van der Waals surface area contributed by atoms with Gasteiger partial charge in [0.2, 0.25) is 0 Å². The van der Waals surface area contributed by atoms with E-state index in [2.05, 4.69) is 11.8 Å². The number of hydrogen-bond donors (Lipinski definition) is 0. The van der Waals surface area contributed by atoms with E-state index in [1.807, 2.05) is 26.0 Å². The number of methoxy groups -OCH3 is 1. The zero-order valence-electron chi connectivity index (χ0n) is 17.9. The smallest absolute Gasteiger partial charge is 0.312 e. The number of ether oxygens (including phenoxy) is 2. The van der Waals surface area contributed by atoms with Crippen molar-refractivity contribution in [1.82, 2.24) is 0 Å². The monoisotopic (exact) mass is 418 g/mol. The van der Waals surface area contributed by atoms with Crippen LogP contribution in [0.2, 0.25) is 5.02 Å². The molecule has 1 aliphatic rings. The lowest BCUT2D eigenvalue weighted by atomic mass is 9.79. The molecular weight excluding hydrogens is 388 g/mol. The van der Waals surface area contributed by atoms with Gasteiger partial charge in [-0.3, -0.25) is 9.59 Å². The quantitative estimate of drug-likeness (QED) is 0.428. The Labute approximate surface area is 179 Å². The standard InChI is InChI=1S/C24H31ClO4/c1-5-8-17-11-19(6-2)21(22(25)12-17)13-20(26)15-24(23(27)28-4)10-9-18(14-24)16-29-7-3/h11-12,18H,6-7,9-10,13-16H2,1-4H3. The predicted molar refractivity (Wildman–Crippen MR) is 115 cm³/mol. The van der Waals surface area contributed by atoms with Gasteiger partial charge < -0.3 is 9.47 Å². The summed E-state index contributed by atoms with van der Waals surface area (Å²) >= 11 is 6.49. The minimum absolute atomic E-state index is 0.0124. The number of rotatable bonds is 9. The molecule has 0 aliphatic heterocycles. The van der Waals surface area contributed by atoms with Crippen LogP contribution < -0.4 is 0 Å². The Balaban J connectivity index is 2.19. The summed E-state index contributed by atoms with van der Waals surface area (Å²) in [6.07, 6.45) is 3.32. The highest BCUT2D eigenvalue weighted by Gasteiger charge is 2.47. The molecule has 0 heterocycles. The second-order valence-electron chi connectivity index (χ2n) is 7.76. The summed E-state index contributed by atoms with van der Waals surface area (Å²) in [5, 5.41) is 0.559. The van der Waals surface area contributed by atoms with Crippen LogP contribution >= 0.6 is 11.6 Å². The van der Waals surface area contributed by atoms with Crippen LogP contribution in [0, 0.1) is 23.2 Å². The van der Waals surface area contributed by atoms with Crippen molar-refractivity contribution in [2.24, 2.45) is 11.3 Å². The number of carbonyl (C=O) groups is 2.